The predicted molar refractivity (Wildman–Crippen MR) is 77.6 cm³/mol. The van der Waals surface area contributed by atoms with Gasteiger partial charge in [-0.2, -0.15) is 8.78 Å². The molecule has 0 fully saturated rings. The molecule has 122 valence electrons. The molecule has 0 radical (unpaired) electrons. The Kier molecular flexibility index (Phi) is 5.33. The van der Waals surface area contributed by atoms with Crippen molar-refractivity contribution in [2.24, 2.45) is 0 Å². The zero-order chi connectivity index (χ0) is 17.1. The maximum Gasteiger partial charge on any atom is 0.387 e. The number of hydrogen-bond donors (Lipinski definition) is 0. The van der Waals surface area contributed by atoms with Crippen LogP contribution in [0.1, 0.15) is 10.5 Å². The molecule has 1 aromatic carbocycles. The van der Waals surface area contributed by atoms with Gasteiger partial charge in [-0.1, -0.05) is 23.2 Å². The highest BCUT2D eigenvalue weighted by molar-refractivity contribution is 6.34. The summed E-state index contributed by atoms with van der Waals surface area (Å²) >= 11 is 11.7. The number of hydrogen-bond acceptors (Lipinski definition) is 4. The first-order chi connectivity index (χ1) is 10.8. The average Bonchev–Trinajstić information content (AvgIpc) is 2.47. The van der Waals surface area contributed by atoms with Gasteiger partial charge >= 0.3 is 12.6 Å². The Morgan fingerprint density at radius 2 is 1.91 bits per heavy atom. The quantitative estimate of drug-likeness (QED) is 0.744. The molecule has 0 aliphatic carbocycles. The van der Waals surface area contributed by atoms with Gasteiger partial charge in [-0.25, -0.2) is 14.2 Å². The van der Waals surface area contributed by atoms with E-state index in [-0.39, 0.29) is 32.7 Å². The zero-order valence-corrected chi connectivity index (χ0v) is 13.0. The molecule has 0 atom stereocenters. The number of nitrogens with zero attached hydrogens (tertiary/aromatic N) is 1. The SMILES string of the molecule is COC(=O)c1nc(-c2ccc(OC(F)F)cc2Cl)c(F)cc1Cl. The molecule has 4 nitrogen and oxygen atoms in total. The lowest BCUT2D eigenvalue weighted by atomic mass is 10.1. The number of ether oxygens (including phenoxy) is 2. The molecule has 2 aromatic rings. The number of methoxy groups -OCH3 is 1. The summed E-state index contributed by atoms with van der Waals surface area (Å²) in [5.74, 6) is -1.89. The van der Waals surface area contributed by atoms with Crippen LogP contribution >= 0.6 is 23.2 Å². The molecular weight excluding hydrogens is 358 g/mol. The van der Waals surface area contributed by atoms with Gasteiger partial charge in [-0.3, -0.25) is 0 Å². The van der Waals surface area contributed by atoms with E-state index < -0.39 is 18.4 Å². The summed E-state index contributed by atoms with van der Waals surface area (Å²) in [5.41, 5.74) is -0.495. The van der Waals surface area contributed by atoms with Gasteiger partial charge in [0.05, 0.1) is 17.2 Å². The van der Waals surface area contributed by atoms with Crippen LogP contribution in [0, 0.1) is 5.82 Å². The molecule has 1 heterocycles. The van der Waals surface area contributed by atoms with Crippen LogP contribution in [0.5, 0.6) is 5.75 Å². The van der Waals surface area contributed by atoms with Crippen LogP contribution in [0.4, 0.5) is 13.2 Å². The Morgan fingerprint density at radius 3 is 2.48 bits per heavy atom. The molecule has 0 spiro atoms. The zero-order valence-electron chi connectivity index (χ0n) is 11.4. The van der Waals surface area contributed by atoms with Crippen molar-refractivity contribution in [3.05, 3.63) is 45.8 Å². The highest BCUT2D eigenvalue weighted by atomic mass is 35.5. The number of esters is 1. The highest BCUT2D eigenvalue weighted by Gasteiger charge is 2.20. The Morgan fingerprint density at radius 1 is 1.22 bits per heavy atom. The fourth-order valence-electron chi connectivity index (χ4n) is 1.76. The van der Waals surface area contributed by atoms with Crippen LogP contribution in [0.15, 0.2) is 24.3 Å². The molecule has 0 aliphatic rings. The minimum atomic E-state index is -3.02. The van der Waals surface area contributed by atoms with Gasteiger partial charge in [0.1, 0.15) is 11.4 Å². The highest BCUT2D eigenvalue weighted by Crippen LogP contribution is 2.33. The molecule has 23 heavy (non-hydrogen) atoms. The van der Waals surface area contributed by atoms with Crippen molar-refractivity contribution >= 4 is 29.2 Å². The second kappa shape index (κ2) is 7.06. The number of alkyl halides is 2. The molecule has 0 unspecified atom stereocenters. The summed E-state index contributed by atoms with van der Waals surface area (Å²) < 4.78 is 47.1. The van der Waals surface area contributed by atoms with Crippen LogP contribution in [0.25, 0.3) is 11.3 Å². The normalized spacial score (nSPS) is 10.7. The van der Waals surface area contributed by atoms with E-state index in [0.29, 0.717) is 0 Å². The topological polar surface area (TPSA) is 48.4 Å². The summed E-state index contributed by atoms with van der Waals surface area (Å²) in [6.45, 7) is -3.02. The third kappa shape index (κ3) is 3.86. The van der Waals surface area contributed by atoms with Crippen molar-refractivity contribution < 1.29 is 27.4 Å². The van der Waals surface area contributed by atoms with Gasteiger partial charge in [-0.15, -0.1) is 0 Å². The number of halogens is 5. The second-order valence-electron chi connectivity index (χ2n) is 4.16. The number of rotatable bonds is 4. The van der Waals surface area contributed by atoms with Crippen molar-refractivity contribution in [1.29, 1.82) is 0 Å². The van der Waals surface area contributed by atoms with Crippen molar-refractivity contribution in [2.75, 3.05) is 7.11 Å². The number of carbonyl (C=O) groups excluding carboxylic acids is 1. The van der Waals surface area contributed by atoms with E-state index in [9.17, 15) is 18.0 Å². The maximum absolute atomic E-state index is 14.1. The van der Waals surface area contributed by atoms with Gasteiger partial charge < -0.3 is 9.47 Å². The van der Waals surface area contributed by atoms with Crippen LogP contribution < -0.4 is 4.74 Å². The average molecular weight is 366 g/mol. The molecule has 0 N–H and O–H groups in total. The largest absolute Gasteiger partial charge is 0.464 e. The van der Waals surface area contributed by atoms with Crippen molar-refractivity contribution in [1.82, 2.24) is 4.98 Å². The molecule has 0 saturated heterocycles. The van der Waals surface area contributed by atoms with Crippen molar-refractivity contribution in [3.8, 4) is 17.0 Å². The first kappa shape index (κ1) is 17.4. The van der Waals surface area contributed by atoms with Gasteiger partial charge in [0.25, 0.3) is 0 Å². The van der Waals surface area contributed by atoms with E-state index >= 15 is 0 Å². The monoisotopic (exact) mass is 365 g/mol. The summed E-state index contributed by atoms with van der Waals surface area (Å²) in [4.78, 5) is 15.4. The summed E-state index contributed by atoms with van der Waals surface area (Å²) in [7, 11) is 1.12. The molecule has 0 saturated carbocycles. The first-order valence-corrected chi connectivity index (χ1v) is 6.78. The lowest BCUT2D eigenvalue weighted by Crippen LogP contribution is -2.07. The molecule has 1 aromatic heterocycles. The molecule has 2 rings (SSSR count). The fraction of sp³-hybridized carbons (Fsp3) is 0.143. The molecule has 0 bridgehead atoms. The Balaban J connectivity index is 2.51. The first-order valence-electron chi connectivity index (χ1n) is 6.02. The minimum absolute atomic E-state index is 0.0765. The van der Waals surface area contributed by atoms with E-state index in [4.69, 9.17) is 23.2 Å². The number of pyridine rings is 1. The Hall–Kier alpha value is -1.99. The van der Waals surface area contributed by atoms with E-state index in [1.165, 1.54) is 12.1 Å². The standard InChI is InChI=1S/C14H8Cl2F3NO3/c1-22-13(21)12-9(16)5-10(17)11(20-12)7-3-2-6(4-8(7)15)23-14(18)19/h2-5,14H,1H3. The molecular formula is C14H8Cl2F3NO3. The van der Waals surface area contributed by atoms with E-state index in [1.54, 1.807) is 0 Å². The number of aromatic nitrogens is 1. The van der Waals surface area contributed by atoms with Gasteiger partial charge in [-0.05, 0) is 24.3 Å². The van der Waals surface area contributed by atoms with E-state index in [0.717, 1.165) is 19.2 Å². The Bertz CT molecular complexity index is 756. The third-order valence-corrected chi connectivity index (χ3v) is 3.33. The summed E-state index contributed by atoms with van der Waals surface area (Å²) in [5, 5.41) is -0.320. The van der Waals surface area contributed by atoms with E-state index in [2.05, 4.69) is 14.5 Å². The lowest BCUT2D eigenvalue weighted by Gasteiger charge is -2.10. The molecule has 9 heteroatoms. The van der Waals surface area contributed by atoms with Gasteiger partial charge in [0, 0.05) is 5.56 Å². The smallest absolute Gasteiger partial charge is 0.387 e. The minimum Gasteiger partial charge on any atom is -0.464 e. The van der Waals surface area contributed by atoms with Crippen molar-refractivity contribution in [2.45, 2.75) is 6.61 Å². The second-order valence-corrected chi connectivity index (χ2v) is 4.98. The third-order valence-electron chi connectivity index (χ3n) is 2.73. The van der Waals surface area contributed by atoms with Crippen LogP contribution in [-0.2, 0) is 4.74 Å². The number of benzene rings is 1. The Labute approximate surface area is 138 Å². The number of carbonyl (C=O) groups is 1. The lowest BCUT2D eigenvalue weighted by molar-refractivity contribution is -0.0498. The van der Waals surface area contributed by atoms with Gasteiger partial charge in [0.2, 0.25) is 0 Å². The van der Waals surface area contributed by atoms with Crippen LogP contribution in [0.2, 0.25) is 10.0 Å². The van der Waals surface area contributed by atoms with Crippen LogP contribution in [0.3, 0.4) is 0 Å². The molecule has 0 amide bonds. The summed E-state index contributed by atoms with van der Waals surface area (Å²) in [6.07, 6.45) is 0. The van der Waals surface area contributed by atoms with Gasteiger partial charge in [0.15, 0.2) is 11.5 Å². The summed E-state index contributed by atoms with van der Waals surface area (Å²) in [6, 6.07) is 4.37. The van der Waals surface area contributed by atoms with E-state index in [1.807, 2.05) is 0 Å². The maximum atomic E-state index is 14.1. The van der Waals surface area contributed by atoms with Crippen molar-refractivity contribution in [3.63, 3.8) is 0 Å². The molecule has 0 aliphatic heterocycles. The predicted octanol–water partition coefficient (Wildman–Crippen LogP) is 4.58. The van der Waals surface area contributed by atoms with Crippen LogP contribution in [-0.4, -0.2) is 24.7 Å². The fourth-order valence-corrected chi connectivity index (χ4v) is 2.23.